The third-order valence-electron chi connectivity index (χ3n) is 3.21. The van der Waals surface area contributed by atoms with E-state index in [-0.39, 0.29) is 0 Å². The van der Waals surface area contributed by atoms with Crippen LogP contribution in [0.4, 0.5) is 0 Å². The SMILES string of the molecule is CNCCc1c(C)nn(-c2ccc(Cl)c(Cl)c2)c1C. The fourth-order valence-electron chi connectivity index (χ4n) is 2.15. The quantitative estimate of drug-likeness (QED) is 0.935. The summed E-state index contributed by atoms with van der Waals surface area (Å²) in [5.74, 6) is 0. The second-order valence-corrected chi connectivity index (χ2v) is 5.33. The number of nitrogens with one attached hydrogen (secondary N) is 1. The van der Waals surface area contributed by atoms with Crippen molar-refractivity contribution in [2.75, 3.05) is 13.6 Å². The van der Waals surface area contributed by atoms with Crippen molar-refractivity contribution in [1.29, 1.82) is 0 Å². The van der Waals surface area contributed by atoms with Crippen LogP contribution in [0.5, 0.6) is 0 Å². The summed E-state index contributed by atoms with van der Waals surface area (Å²) in [5, 5.41) is 8.85. The van der Waals surface area contributed by atoms with E-state index in [9.17, 15) is 0 Å². The standard InChI is InChI=1S/C14H17Cl2N3/c1-9-12(6-7-17-3)10(2)19(18-9)11-4-5-13(15)14(16)8-11/h4-5,8,17H,6-7H2,1-3H3. The highest BCUT2D eigenvalue weighted by molar-refractivity contribution is 6.42. The molecule has 0 atom stereocenters. The summed E-state index contributed by atoms with van der Waals surface area (Å²) in [5.41, 5.74) is 4.41. The first-order chi connectivity index (χ1) is 9.04. The molecule has 102 valence electrons. The molecule has 1 aromatic heterocycles. The third-order valence-corrected chi connectivity index (χ3v) is 3.95. The Labute approximate surface area is 123 Å². The van der Waals surface area contributed by atoms with Gasteiger partial charge in [0.1, 0.15) is 0 Å². The van der Waals surface area contributed by atoms with E-state index >= 15 is 0 Å². The van der Waals surface area contributed by atoms with Gasteiger partial charge in [-0.2, -0.15) is 5.10 Å². The molecule has 1 heterocycles. The normalized spacial score (nSPS) is 11.0. The number of aromatic nitrogens is 2. The lowest BCUT2D eigenvalue weighted by Gasteiger charge is -2.07. The maximum Gasteiger partial charge on any atom is 0.0664 e. The molecule has 0 saturated heterocycles. The summed E-state index contributed by atoms with van der Waals surface area (Å²) in [6.07, 6.45) is 0.968. The average molecular weight is 298 g/mol. The van der Waals surface area contributed by atoms with Gasteiger partial charge in [0.25, 0.3) is 0 Å². The van der Waals surface area contributed by atoms with Crippen LogP contribution in [0.15, 0.2) is 18.2 Å². The molecular formula is C14H17Cl2N3. The Morgan fingerprint density at radius 1 is 1.21 bits per heavy atom. The van der Waals surface area contributed by atoms with Crippen LogP contribution in [-0.2, 0) is 6.42 Å². The zero-order valence-electron chi connectivity index (χ0n) is 11.3. The molecule has 2 aromatic rings. The van der Waals surface area contributed by atoms with Crippen LogP contribution in [0.3, 0.4) is 0 Å². The Balaban J connectivity index is 2.42. The van der Waals surface area contributed by atoms with Gasteiger partial charge >= 0.3 is 0 Å². The Hall–Kier alpha value is -1.03. The second-order valence-electron chi connectivity index (χ2n) is 4.51. The molecule has 2 rings (SSSR count). The highest BCUT2D eigenvalue weighted by Gasteiger charge is 2.13. The molecule has 3 nitrogen and oxygen atoms in total. The minimum absolute atomic E-state index is 0.545. The van der Waals surface area contributed by atoms with Crippen molar-refractivity contribution in [2.45, 2.75) is 20.3 Å². The van der Waals surface area contributed by atoms with Crippen molar-refractivity contribution in [3.05, 3.63) is 45.2 Å². The second kappa shape index (κ2) is 5.95. The lowest BCUT2D eigenvalue weighted by Crippen LogP contribution is -2.11. The topological polar surface area (TPSA) is 29.9 Å². The van der Waals surface area contributed by atoms with Crippen LogP contribution >= 0.6 is 23.2 Å². The third kappa shape index (κ3) is 2.94. The maximum atomic E-state index is 6.06. The van der Waals surface area contributed by atoms with Crippen molar-refractivity contribution < 1.29 is 0 Å². The summed E-state index contributed by atoms with van der Waals surface area (Å²) >= 11 is 12.0. The summed E-state index contributed by atoms with van der Waals surface area (Å²) < 4.78 is 1.92. The molecule has 0 aliphatic rings. The van der Waals surface area contributed by atoms with E-state index in [1.807, 2.05) is 30.8 Å². The van der Waals surface area contributed by atoms with Crippen LogP contribution < -0.4 is 5.32 Å². The predicted octanol–water partition coefficient (Wildman–Crippen LogP) is 3.56. The summed E-state index contributed by atoms with van der Waals surface area (Å²) in [4.78, 5) is 0. The molecule has 0 bridgehead atoms. The molecule has 0 amide bonds. The summed E-state index contributed by atoms with van der Waals surface area (Å²) in [7, 11) is 1.95. The van der Waals surface area contributed by atoms with Gasteiger partial charge in [-0.05, 0) is 57.6 Å². The van der Waals surface area contributed by atoms with Gasteiger partial charge in [0.15, 0.2) is 0 Å². The van der Waals surface area contributed by atoms with Crippen molar-refractivity contribution in [2.24, 2.45) is 0 Å². The van der Waals surface area contributed by atoms with E-state index in [0.29, 0.717) is 10.0 Å². The molecule has 0 radical (unpaired) electrons. The minimum Gasteiger partial charge on any atom is -0.319 e. The van der Waals surface area contributed by atoms with Crippen LogP contribution in [0.2, 0.25) is 10.0 Å². The highest BCUT2D eigenvalue weighted by Crippen LogP contribution is 2.26. The van der Waals surface area contributed by atoms with Gasteiger partial charge in [-0.3, -0.25) is 0 Å². The van der Waals surface area contributed by atoms with Gasteiger partial charge in [-0.1, -0.05) is 23.2 Å². The number of halogens is 2. The Morgan fingerprint density at radius 3 is 2.58 bits per heavy atom. The van der Waals surface area contributed by atoms with Gasteiger partial charge in [0.2, 0.25) is 0 Å². The maximum absolute atomic E-state index is 6.06. The number of aryl methyl sites for hydroxylation is 1. The average Bonchev–Trinajstić information content (AvgIpc) is 2.66. The van der Waals surface area contributed by atoms with E-state index in [0.717, 1.165) is 30.0 Å². The van der Waals surface area contributed by atoms with E-state index in [2.05, 4.69) is 17.3 Å². The molecule has 0 fully saturated rings. The minimum atomic E-state index is 0.545. The number of nitrogens with zero attached hydrogens (tertiary/aromatic N) is 2. The lowest BCUT2D eigenvalue weighted by molar-refractivity contribution is 0.783. The molecule has 0 spiro atoms. The van der Waals surface area contributed by atoms with E-state index in [1.165, 1.54) is 5.56 Å². The van der Waals surface area contributed by atoms with Gasteiger partial charge in [-0.25, -0.2) is 4.68 Å². The molecule has 1 aromatic carbocycles. The Morgan fingerprint density at radius 2 is 1.95 bits per heavy atom. The van der Waals surface area contributed by atoms with E-state index in [4.69, 9.17) is 23.2 Å². The summed E-state index contributed by atoms with van der Waals surface area (Å²) in [6, 6.07) is 5.56. The number of benzene rings is 1. The summed E-state index contributed by atoms with van der Waals surface area (Å²) in [6.45, 7) is 5.05. The first kappa shape index (κ1) is 14.4. The number of likely N-dealkylation sites (N-methyl/N-ethyl adjacent to an activating group) is 1. The number of rotatable bonds is 4. The molecule has 0 aliphatic carbocycles. The zero-order chi connectivity index (χ0) is 14.0. The van der Waals surface area contributed by atoms with Crippen molar-refractivity contribution in [3.8, 4) is 5.69 Å². The molecule has 0 aliphatic heterocycles. The van der Waals surface area contributed by atoms with Gasteiger partial charge in [0.05, 0.1) is 21.4 Å². The van der Waals surface area contributed by atoms with Gasteiger partial charge in [-0.15, -0.1) is 0 Å². The highest BCUT2D eigenvalue weighted by atomic mass is 35.5. The fraction of sp³-hybridized carbons (Fsp3) is 0.357. The Kier molecular flexibility index (Phi) is 4.50. The van der Waals surface area contributed by atoms with E-state index < -0.39 is 0 Å². The van der Waals surface area contributed by atoms with Crippen molar-refractivity contribution >= 4 is 23.2 Å². The van der Waals surface area contributed by atoms with Crippen LogP contribution in [0, 0.1) is 13.8 Å². The first-order valence-corrected chi connectivity index (χ1v) is 6.95. The first-order valence-electron chi connectivity index (χ1n) is 6.19. The molecule has 5 heteroatoms. The predicted molar refractivity (Wildman–Crippen MR) is 80.7 cm³/mol. The lowest BCUT2D eigenvalue weighted by atomic mass is 10.1. The van der Waals surface area contributed by atoms with Gasteiger partial charge < -0.3 is 5.32 Å². The molecule has 19 heavy (non-hydrogen) atoms. The monoisotopic (exact) mass is 297 g/mol. The van der Waals surface area contributed by atoms with Crippen molar-refractivity contribution in [1.82, 2.24) is 15.1 Å². The van der Waals surface area contributed by atoms with E-state index in [1.54, 1.807) is 6.07 Å². The fourth-order valence-corrected chi connectivity index (χ4v) is 2.45. The van der Waals surface area contributed by atoms with Crippen LogP contribution in [-0.4, -0.2) is 23.4 Å². The number of hydrogen-bond acceptors (Lipinski definition) is 2. The van der Waals surface area contributed by atoms with Gasteiger partial charge in [0, 0.05) is 5.69 Å². The van der Waals surface area contributed by atoms with Crippen LogP contribution in [0.1, 0.15) is 17.0 Å². The molecule has 0 unspecified atom stereocenters. The smallest absolute Gasteiger partial charge is 0.0664 e. The largest absolute Gasteiger partial charge is 0.319 e. The molecule has 1 N–H and O–H groups in total. The molecule has 0 saturated carbocycles. The van der Waals surface area contributed by atoms with Crippen molar-refractivity contribution in [3.63, 3.8) is 0 Å². The molecular weight excluding hydrogens is 281 g/mol. The zero-order valence-corrected chi connectivity index (χ0v) is 12.8. The Bertz CT molecular complexity index is 591. The number of hydrogen-bond donors (Lipinski definition) is 1. The van der Waals surface area contributed by atoms with Crippen LogP contribution in [0.25, 0.3) is 5.69 Å².